The largest absolute Gasteiger partial charge is 0.480 e. The van der Waals surface area contributed by atoms with Crippen molar-refractivity contribution in [3.63, 3.8) is 0 Å². The molecule has 0 aromatic carbocycles. The van der Waals surface area contributed by atoms with Crippen LogP contribution in [0.2, 0.25) is 0 Å². The van der Waals surface area contributed by atoms with Crippen molar-refractivity contribution in [2.24, 2.45) is 0 Å². The van der Waals surface area contributed by atoms with Crippen LogP contribution in [0.5, 0.6) is 0 Å². The maximum atomic E-state index is 12.1. The molecule has 0 saturated heterocycles. The molecule has 1 rings (SSSR count). The highest BCUT2D eigenvalue weighted by Crippen LogP contribution is 2.19. The summed E-state index contributed by atoms with van der Waals surface area (Å²) < 4.78 is 0. The number of amides is 2. The van der Waals surface area contributed by atoms with E-state index < -0.39 is 11.5 Å². The van der Waals surface area contributed by atoms with Gasteiger partial charge in [-0.25, -0.2) is 4.79 Å². The molecule has 0 heterocycles. The second-order valence-corrected chi connectivity index (χ2v) is 5.94. The highest BCUT2D eigenvalue weighted by molar-refractivity contribution is 5.81. The van der Waals surface area contributed by atoms with Gasteiger partial charge in [0.1, 0.15) is 6.54 Å². The molecule has 1 fully saturated rings. The van der Waals surface area contributed by atoms with E-state index in [1.165, 1.54) is 11.3 Å². The van der Waals surface area contributed by atoms with Crippen molar-refractivity contribution in [3.8, 4) is 0 Å². The number of carbonyl (C=O) groups is 2. The average Bonchev–Trinajstić information content (AvgIpc) is 2.25. The Morgan fingerprint density at radius 3 is 2.22 bits per heavy atom. The lowest BCUT2D eigenvalue weighted by Crippen LogP contribution is -2.54. The van der Waals surface area contributed by atoms with Crippen molar-refractivity contribution >= 4 is 12.0 Å². The predicted octanol–water partition coefficient (Wildman–Crippen LogP) is 2.21. The molecule has 0 bridgehead atoms. The third-order valence-electron chi connectivity index (χ3n) is 3.28. The van der Waals surface area contributed by atoms with Crippen LogP contribution in [-0.2, 0) is 4.79 Å². The molecule has 5 nitrogen and oxygen atoms in total. The minimum absolute atomic E-state index is 0.199. The van der Waals surface area contributed by atoms with Gasteiger partial charge in [0.25, 0.3) is 0 Å². The van der Waals surface area contributed by atoms with Crippen molar-refractivity contribution in [3.05, 3.63) is 0 Å². The molecule has 0 aromatic heterocycles. The molecule has 0 unspecified atom stereocenters. The normalized spacial score (nSPS) is 17.3. The van der Waals surface area contributed by atoms with Crippen molar-refractivity contribution in [1.82, 2.24) is 10.2 Å². The van der Waals surface area contributed by atoms with Gasteiger partial charge in [-0.3, -0.25) is 4.79 Å². The quantitative estimate of drug-likeness (QED) is 0.813. The maximum absolute atomic E-state index is 12.1. The van der Waals surface area contributed by atoms with Crippen LogP contribution in [0.1, 0.15) is 52.9 Å². The van der Waals surface area contributed by atoms with E-state index in [1.807, 2.05) is 20.8 Å². The first-order valence-electron chi connectivity index (χ1n) is 6.60. The third-order valence-corrected chi connectivity index (χ3v) is 3.28. The molecule has 0 aromatic rings. The zero-order valence-corrected chi connectivity index (χ0v) is 11.5. The monoisotopic (exact) mass is 256 g/mol. The van der Waals surface area contributed by atoms with Crippen molar-refractivity contribution in [1.29, 1.82) is 0 Å². The molecule has 2 N–H and O–H groups in total. The molecular formula is C13H24N2O3. The first-order valence-corrected chi connectivity index (χ1v) is 6.60. The number of carboxylic acid groups (broad SMARTS) is 1. The van der Waals surface area contributed by atoms with Gasteiger partial charge in [0.05, 0.1) is 0 Å². The van der Waals surface area contributed by atoms with Gasteiger partial charge in [-0.1, -0.05) is 19.3 Å². The van der Waals surface area contributed by atoms with Crippen molar-refractivity contribution < 1.29 is 14.7 Å². The molecular weight excluding hydrogens is 232 g/mol. The summed E-state index contributed by atoms with van der Waals surface area (Å²) in [5.41, 5.74) is -0.489. The lowest BCUT2D eigenvalue weighted by molar-refractivity contribution is -0.138. The fourth-order valence-electron chi connectivity index (χ4n) is 2.25. The molecule has 104 valence electrons. The Hall–Kier alpha value is -1.26. The van der Waals surface area contributed by atoms with E-state index >= 15 is 0 Å². The first-order chi connectivity index (χ1) is 8.30. The number of rotatable bonds is 3. The third kappa shape index (κ3) is 4.55. The van der Waals surface area contributed by atoms with Crippen molar-refractivity contribution in [2.75, 3.05) is 6.54 Å². The van der Waals surface area contributed by atoms with Crippen LogP contribution < -0.4 is 5.32 Å². The molecule has 1 aliphatic rings. The van der Waals surface area contributed by atoms with E-state index in [1.54, 1.807) is 0 Å². The van der Waals surface area contributed by atoms with E-state index in [9.17, 15) is 9.59 Å². The number of aliphatic carboxylic acids is 1. The minimum Gasteiger partial charge on any atom is -0.480 e. The lowest BCUT2D eigenvalue weighted by Gasteiger charge is -2.36. The van der Waals surface area contributed by atoms with Crippen LogP contribution in [0.15, 0.2) is 0 Å². The Labute approximate surface area is 109 Å². The van der Waals surface area contributed by atoms with Crippen LogP contribution in [0.3, 0.4) is 0 Å². The second kappa shape index (κ2) is 6.07. The summed E-state index contributed by atoms with van der Waals surface area (Å²) in [5, 5.41) is 11.8. The standard InChI is InChI=1S/C13H24N2O3/c1-13(2,3)15(9-11(16)17)12(18)14-10-7-5-4-6-8-10/h10H,4-9H2,1-3H3,(H,14,18)(H,16,17). The number of nitrogens with one attached hydrogen (secondary N) is 1. The molecule has 0 aliphatic heterocycles. The Morgan fingerprint density at radius 2 is 1.78 bits per heavy atom. The second-order valence-electron chi connectivity index (χ2n) is 5.94. The number of nitrogens with zero attached hydrogens (tertiary/aromatic N) is 1. The van der Waals surface area contributed by atoms with Crippen LogP contribution in [0.25, 0.3) is 0 Å². The zero-order chi connectivity index (χ0) is 13.8. The molecule has 1 aliphatic carbocycles. The van der Waals surface area contributed by atoms with Gasteiger partial charge in [-0.05, 0) is 33.6 Å². The number of carboxylic acids is 1. The Morgan fingerprint density at radius 1 is 1.22 bits per heavy atom. The fourth-order valence-corrected chi connectivity index (χ4v) is 2.25. The Bertz CT molecular complexity index is 304. The number of urea groups is 1. The number of hydrogen-bond acceptors (Lipinski definition) is 2. The summed E-state index contributed by atoms with van der Waals surface area (Å²) in [4.78, 5) is 24.4. The van der Waals surface area contributed by atoms with Gasteiger partial charge in [-0.15, -0.1) is 0 Å². The molecule has 0 spiro atoms. The summed E-state index contributed by atoms with van der Waals surface area (Å²) >= 11 is 0. The topological polar surface area (TPSA) is 69.6 Å². The van der Waals surface area contributed by atoms with Crippen molar-refractivity contribution in [2.45, 2.75) is 64.5 Å². The minimum atomic E-state index is -0.983. The van der Waals surface area contributed by atoms with Crippen LogP contribution in [-0.4, -0.2) is 40.1 Å². The van der Waals surface area contributed by atoms with Crippen LogP contribution in [0.4, 0.5) is 4.79 Å². The average molecular weight is 256 g/mol. The van der Waals surface area contributed by atoms with E-state index in [2.05, 4.69) is 5.32 Å². The zero-order valence-electron chi connectivity index (χ0n) is 11.5. The number of hydrogen-bond donors (Lipinski definition) is 2. The van der Waals surface area contributed by atoms with Gasteiger partial charge < -0.3 is 15.3 Å². The molecule has 18 heavy (non-hydrogen) atoms. The van der Waals surface area contributed by atoms with E-state index in [0.717, 1.165) is 25.7 Å². The van der Waals surface area contributed by atoms with E-state index in [-0.39, 0.29) is 18.6 Å². The van der Waals surface area contributed by atoms with Gasteiger partial charge in [0, 0.05) is 11.6 Å². The summed E-state index contributed by atoms with van der Waals surface area (Å²) in [6, 6.07) is -0.0679. The number of carbonyl (C=O) groups excluding carboxylic acids is 1. The molecule has 0 atom stereocenters. The smallest absolute Gasteiger partial charge is 0.323 e. The van der Waals surface area contributed by atoms with Gasteiger partial charge in [0.15, 0.2) is 0 Å². The van der Waals surface area contributed by atoms with Crippen LogP contribution in [0, 0.1) is 0 Å². The summed E-state index contributed by atoms with van der Waals surface area (Å²) in [5.74, 6) is -0.983. The molecule has 2 amide bonds. The fraction of sp³-hybridized carbons (Fsp3) is 0.846. The van der Waals surface area contributed by atoms with Gasteiger partial charge >= 0.3 is 12.0 Å². The highest BCUT2D eigenvalue weighted by atomic mass is 16.4. The molecule has 1 saturated carbocycles. The summed E-state index contributed by atoms with van der Waals surface area (Å²) in [6.07, 6.45) is 5.50. The van der Waals surface area contributed by atoms with E-state index in [0.29, 0.717) is 0 Å². The maximum Gasteiger partial charge on any atom is 0.323 e. The SMILES string of the molecule is CC(C)(C)N(CC(=O)O)C(=O)NC1CCCCC1. The van der Waals surface area contributed by atoms with Crippen LogP contribution >= 0.6 is 0 Å². The first kappa shape index (κ1) is 14.8. The molecule has 0 radical (unpaired) electrons. The van der Waals surface area contributed by atoms with Gasteiger partial charge in [-0.2, -0.15) is 0 Å². The highest BCUT2D eigenvalue weighted by Gasteiger charge is 2.29. The Balaban J connectivity index is 2.61. The van der Waals surface area contributed by atoms with Gasteiger partial charge in [0.2, 0.25) is 0 Å². The molecule has 5 heteroatoms. The predicted molar refractivity (Wildman–Crippen MR) is 69.5 cm³/mol. The van der Waals surface area contributed by atoms with E-state index in [4.69, 9.17) is 5.11 Å². The summed E-state index contributed by atoms with van der Waals surface area (Å²) in [7, 11) is 0. The Kier molecular flexibility index (Phi) is 4.99. The lowest BCUT2D eigenvalue weighted by atomic mass is 9.95. The summed E-state index contributed by atoms with van der Waals surface area (Å²) in [6.45, 7) is 5.27.